The van der Waals surface area contributed by atoms with Crippen molar-refractivity contribution in [1.82, 2.24) is 14.5 Å². The molecule has 5 rings (SSSR count). The van der Waals surface area contributed by atoms with Gasteiger partial charge in [-0.3, -0.25) is 4.79 Å². The topological polar surface area (TPSA) is 38.1 Å². The third kappa shape index (κ3) is 3.68. The number of rotatable bonds is 6. The molecular weight excluding hydrogens is 358 g/mol. The number of carbonyl (C=O) groups is 1. The molecule has 1 aliphatic carbocycles. The van der Waals surface area contributed by atoms with Crippen LogP contribution in [-0.2, 0) is 17.8 Å². The lowest BCUT2D eigenvalue weighted by molar-refractivity contribution is -0.129. The maximum atomic E-state index is 12.8. The number of hydrogen-bond acceptors (Lipinski definition) is 2. The van der Waals surface area contributed by atoms with Gasteiger partial charge in [-0.15, -0.1) is 0 Å². The second kappa shape index (κ2) is 8.02. The van der Waals surface area contributed by atoms with Crippen molar-refractivity contribution in [2.75, 3.05) is 6.54 Å². The van der Waals surface area contributed by atoms with Crippen molar-refractivity contribution in [2.24, 2.45) is 0 Å². The van der Waals surface area contributed by atoms with Crippen molar-refractivity contribution in [3.8, 4) is 0 Å². The first-order valence-corrected chi connectivity index (χ1v) is 11.1. The van der Waals surface area contributed by atoms with Gasteiger partial charge in [0.15, 0.2) is 0 Å². The van der Waals surface area contributed by atoms with E-state index in [0.29, 0.717) is 18.4 Å². The van der Waals surface area contributed by atoms with Crippen LogP contribution >= 0.6 is 0 Å². The summed E-state index contributed by atoms with van der Waals surface area (Å²) in [6, 6.07) is 19.5. The van der Waals surface area contributed by atoms with E-state index in [1.165, 1.54) is 36.8 Å². The highest BCUT2D eigenvalue weighted by atomic mass is 16.2. The highest BCUT2D eigenvalue weighted by Crippen LogP contribution is 2.35. The largest absolute Gasteiger partial charge is 0.339 e. The number of carbonyl (C=O) groups excluding carboxylic acids is 1. The van der Waals surface area contributed by atoms with Crippen molar-refractivity contribution in [3.63, 3.8) is 0 Å². The van der Waals surface area contributed by atoms with Crippen LogP contribution in [0.2, 0.25) is 0 Å². The van der Waals surface area contributed by atoms with Gasteiger partial charge in [0.25, 0.3) is 0 Å². The summed E-state index contributed by atoms with van der Waals surface area (Å²) in [5, 5.41) is 0. The van der Waals surface area contributed by atoms with Crippen LogP contribution in [0.4, 0.5) is 0 Å². The summed E-state index contributed by atoms with van der Waals surface area (Å²) in [6.07, 6.45) is 7.61. The Morgan fingerprint density at radius 2 is 1.72 bits per heavy atom. The van der Waals surface area contributed by atoms with Crippen LogP contribution in [-0.4, -0.2) is 32.9 Å². The molecule has 0 N–H and O–H groups in total. The molecule has 1 atom stereocenters. The average Bonchev–Trinajstić information content (AvgIpc) is 3.47. The van der Waals surface area contributed by atoms with Gasteiger partial charge in [-0.05, 0) is 43.4 Å². The van der Waals surface area contributed by atoms with Crippen molar-refractivity contribution in [3.05, 3.63) is 66.0 Å². The van der Waals surface area contributed by atoms with Crippen LogP contribution in [0.15, 0.2) is 54.6 Å². The second-order valence-corrected chi connectivity index (χ2v) is 8.58. The standard InChI is InChI=1S/C25H29N3O/c29-24-17-20(18-28(24)21-12-4-5-13-21)25-26-22-14-6-7-15-23(22)27(25)16-8-11-19-9-2-1-3-10-19/h1-3,6-7,9-10,14-15,20-21H,4-5,8,11-13,16-18H2. The summed E-state index contributed by atoms with van der Waals surface area (Å²) in [5.41, 5.74) is 3.62. The Kier molecular flexibility index (Phi) is 5.09. The molecule has 2 aromatic carbocycles. The fourth-order valence-electron chi connectivity index (χ4n) is 5.20. The van der Waals surface area contributed by atoms with Crippen molar-refractivity contribution < 1.29 is 4.79 Å². The monoisotopic (exact) mass is 387 g/mol. The van der Waals surface area contributed by atoms with Gasteiger partial charge in [0.2, 0.25) is 5.91 Å². The van der Waals surface area contributed by atoms with Crippen LogP contribution in [0.25, 0.3) is 11.0 Å². The van der Waals surface area contributed by atoms with E-state index < -0.39 is 0 Å². The molecule has 1 amide bonds. The summed E-state index contributed by atoms with van der Waals surface area (Å²) in [7, 11) is 0. The lowest BCUT2D eigenvalue weighted by Crippen LogP contribution is -2.34. The number of amides is 1. The SMILES string of the molecule is O=C1CC(c2nc3ccccc3n2CCCc2ccccc2)CN1C1CCCC1. The van der Waals surface area contributed by atoms with E-state index in [2.05, 4.69) is 64.1 Å². The van der Waals surface area contributed by atoms with E-state index in [1.807, 2.05) is 0 Å². The Morgan fingerprint density at radius 3 is 2.55 bits per heavy atom. The molecule has 1 aliphatic heterocycles. The van der Waals surface area contributed by atoms with E-state index in [0.717, 1.165) is 37.3 Å². The molecule has 4 heteroatoms. The highest BCUT2D eigenvalue weighted by Gasteiger charge is 2.38. The molecular formula is C25H29N3O. The van der Waals surface area contributed by atoms with E-state index in [-0.39, 0.29) is 5.92 Å². The molecule has 1 aromatic heterocycles. The zero-order valence-corrected chi connectivity index (χ0v) is 17.0. The number of nitrogens with zero attached hydrogens (tertiary/aromatic N) is 3. The Morgan fingerprint density at radius 1 is 0.966 bits per heavy atom. The lowest BCUT2D eigenvalue weighted by Gasteiger charge is -2.24. The van der Waals surface area contributed by atoms with E-state index in [9.17, 15) is 4.79 Å². The molecule has 2 heterocycles. The molecule has 3 aromatic rings. The Labute approximate surface area is 172 Å². The predicted octanol–water partition coefficient (Wildman–Crippen LogP) is 4.93. The summed E-state index contributed by atoms with van der Waals surface area (Å²) in [4.78, 5) is 19.9. The highest BCUT2D eigenvalue weighted by molar-refractivity contribution is 5.81. The zero-order chi connectivity index (χ0) is 19.6. The summed E-state index contributed by atoms with van der Waals surface area (Å²) < 4.78 is 2.38. The predicted molar refractivity (Wildman–Crippen MR) is 116 cm³/mol. The number of fused-ring (bicyclic) bond motifs is 1. The van der Waals surface area contributed by atoms with Gasteiger partial charge in [0.05, 0.1) is 11.0 Å². The number of aromatic nitrogens is 2. The normalized spacial score (nSPS) is 20.2. The third-order valence-corrected chi connectivity index (χ3v) is 6.66. The molecule has 150 valence electrons. The van der Waals surface area contributed by atoms with Gasteiger partial charge >= 0.3 is 0 Å². The van der Waals surface area contributed by atoms with E-state index in [1.54, 1.807) is 0 Å². The number of para-hydroxylation sites is 2. The fourth-order valence-corrected chi connectivity index (χ4v) is 5.20. The van der Waals surface area contributed by atoms with Gasteiger partial charge in [-0.2, -0.15) is 0 Å². The van der Waals surface area contributed by atoms with Crippen LogP contribution in [0.1, 0.15) is 55.8 Å². The minimum absolute atomic E-state index is 0.215. The average molecular weight is 388 g/mol. The number of likely N-dealkylation sites (tertiary alicyclic amines) is 1. The summed E-state index contributed by atoms with van der Waals surface area (Å²) in [5.74, 6) is 1.64. The minimum Gasteiger partial charge on any atom is -0.339 e. The van der Waals surface area contributed by atoms with Crippen LogP contribution in [0.3, 0.4) is 0 Å². The number of hydrogen-bond donors (Lipinski definition) is 0. The Hall–Kier alpha value is -2.62. The summed E-state index contributed by atoms with van der Waals surface area (Å²) >= 11 is 0. The molecule has 1 saturated heterocycles. The van der Waals surface area contributed by atoms with Gasteiger partial charge < -0.3 is 9.47 Å². The van der Waals surface area contributed by atoms with E-state index in [4.69, 9.17) is 4.98 Å². The Bertz CT molecular complexity index is 988. The molecule has 29 heavy (non-hydrogen) atoms. The first-order chi connectivity index (χ1) is 14.3. The summed E-state index contributed by atoms with van der Waals surface area (Å²) in [6.45, 7) is 1.78. The van der Waals surface area contributed by atoms with Gasteiger partial charge in [-0.25, -0.2) is 4.98 Å². The second-order valence-electron chi connectivity index (χ2n) is 8.58. The number of aryl methyl sites for hydroxylation is 2. The molecule has 4 nitrogen and oxygen atoms in total. The molecule has 0 bridgehead atoms. The molecule has 0 spiro atoms. The minimum atomic E-state index is 0.215. The molecule has 1 unspecified atom stereocenters. The lowest BCUT2D eigenvalue weighted by atomic mass is 10.1. The van der Waals surface area contributed by atoms with Crippen LogP contribution in [0, 0.1) is 0 Å². The quantitative estimate of drug-likeness (QED) is 0.602. The van der Waals surface area contributed by atoms with Crippen molar-refractivity contribution in [1.29, 1.82) is 0 Å². The molecule has 0 radical (unpaired) electrons. The molecule has 2 aliphatic rings. The van der Waals surface area contributed by atoms with E-state index >= 15 is 0 Å². The first-order valence-electron chi connectivity index (χ1n) is 11.1. The maximum absolute atomic E-state index is 12.8. The van der Waals surface area contributed by atoms with Gasteiger partial charge in [-0.1, -0.05) is 55.3 Å². The number of imidazole rings is 1. The maximum Gasteiger partial charge on any atom is 0.223 e. The van der Waals surface area contributed by atoms with Crippen LogP contribution in [0.5, 0.6) is 0 Å². The van der Waals surface area contributed by atoms with Crippen LogP contribution < -0.4 is 0 Å². The van der Waals surface area contributed by atoms with Gasteiger partial charge in [0.1, 0.15) is 5.82 Å². The molecule has 2 fully saturated rings. The van der Waals surface area contributed by atoms with Crippen molar-refractivity contribution in [2.45, 2.75) is 63.5 Å². The third-order valence-electron chi connectivity index (χ3n) is 6.66. The fraction of sp³-hybridized carbons (Fsp3) is 0.440. The Balaban J connectivity index is 1.38. The molecule has 1 saturated carbocycles. The number of benzene rings is 2. The van der Waals surface area contributed by atoms with Crippen molar-refractivity contribution >= 4 is 16.9 Å². The zero-order valence-electron chi connectivity index (χ0n) is 17.0. The van der Waals surface area contributed by atoms with Gasteiger partial charge in [0, 0.05) is 31.5 Å². The first kappa shape index (κ1) is 18.4. The smallest absolute Gasteiger partial charge is 0.223 e.